The molecule has 22 heavy (non-hydrogen) atoms. The van der Waals surface area contributed by atoms with Crippen molar-refractivity contribution in [1.29, 1.82) is 5.26 Å². The number of hydrogen-bond donors (Lipinski definition) is 0. The summed E-state index contributed by atoms with van der Waals surface area (Å²) in [5.74, 6) is 0. The zero-order chi connectivity index (χ0) is 16.2. The van der Waals surface area contributed by atoms with E-state index >= 15 is 0 Å². The van der Waals surface area contributed by atoms with E-state index in [0.29, 0.717) is 16.1 Å². The molecule has 112 valence electrons. The fourth-order valence-electron chi connectivity index (χ4n) is 2.15. The molecule has 0 unspecified atom stereocenters. The van der Waals surface area contributed by atoms with Crippen LogP contribution in [-0.2, 0) is 0 Å². The molecular weight excluding hydrogens is 311 g/mol. The Hall–Kier alpha value is -2.25. The molecule has 0 saturated heterocycles. The lowest BCUT2D eigenvalue weighted by Crippen LogP contribution is -2.14. The van der Waals surface area contributed by atoms with Gasteiger partial charge in [0, 0.05) is 5.02 Å². The standard InChI is InChI=1S/C17H11ClF3N/c18-14-8-6-13(7-9-14)16(12-4-2-1-3-5-12)15(10-11-22)17(19,20)21/h1-9H,10H2/b16-15-. The Labute approximate surface area is 131 Å². The van der Waals surface area contributed by atoms with Crippen LogP contribution in [0.2, 0.25) is 5.02 Å². The van der Waals surface area contributed by atoms with Crippen LogP contribution < -0.4 is 0 Å². The average Bonchev–Trinajstić information content (AvgIpc) is 2.49. The lowest BCUT2D eigenvalue weighted by atomic mass is 9.91. The molecule has 0 N–H and O–H groups in total. The maximum atomic E-state index is 13.4. The maximum absolute atomic E-state index is 13.4. The molecule has 0 aliphatic rings. The van der Waals surface area contributed by atoms with Crippen LogP contribution in [0.3, 0.4) is 0 Å². The molecule has 5 heteroatoms. The van der Waals surface area contributed by atoms with Crippen LogP contribution in [0, 0.1) is 11.3 Å². The van der Waals surface area contributed by atoms with Gasteiger partial charge in [0.15, 0.2) is 0 Å². The van der Waals surface area contributed by atoms with Crippen molar-refractivity contribution in [1.82, 2.24) is 0 Å². The number of hydrogen-bond acceptors (Lipinski definition) is 1. The maximum Gasteiger partial charge on any atom is 0.414 e. The van der Waals surface area contributed by atoms with E-state index in [4.69, 9.17) is 16.9 Å². The van der Waals surface area contributed by atoms with Crippen LogP contribution in [0.15, 0.2) is 60.2 Å². The van der Waals surface area contributed by atoms with Crippen molar-refractivity contribution in [3.8, 4) is 6.07 Å². The first-order valence-electron chi connectivity index (χ1n) is 6.42. The van der Waals surface area contributed by atoms with Gasteiger partial charge in [-0.05, 0) is 28.8 Å². The van der Waals surface area contributed by atoms with E-state index in [0.717, 1.165) is 0 Å². The highest BCUT2D eigenvalue weighted by Gasteiger charge is 2.36. The fourth-order valence-corrected chi connectivity index (χ4v) is 2.27. The molecule has 0 amide bonds. The highest BCUT2D eigenvalue weighted by molar-refractivity contribution is 6.30. The van der Waals surface area contributed by atoms with Crippen molar-refractivity contribution in [2.45, 2.75) is 12.6 Å². The van der Waals surface area contributed by atoms with Gasteiger partial charge >= 0.3 is 6.18 Å². The van der Waals surface area contributed by atoms with E-state index in [1.807, 2.05) is 0 Å². The monoisotopic (exact) mass is 321 g/mol. The summed E-state index contributed by atoms with van der Waals surface area (Å²) in [5, 5.41) is 9.22. The summed E-state index contributed by atoms with van der Waals surface area (Å²) in [6.07, 6.45) is -5.29. The molecule has 1 nitrogen and oxygen atoms in total. The molecule has 0 atom stereocenters. The Balaban J connectivity index is 2.74. The van der Waals surface area contributed by atoms with Crippen LogP contribution in [0.1, 0.15) is 17.5 Å². The first-order chi connectivity index (χ1) is 10.4. The summed E-state index contributed by atoms with van der Waals surface area (Å²) >= 11 is 5.80. The molecular formula is C17H11ClF3N. The number of nitriles is 1. The lowest BCUT2D eigenvalue weighted by molar-refractivity contribution is -0.0921. The average molecular weight is 322 g/mol. The number of alkyl halides is 3. The summed E-state index contributed by atoms with van der Waals surface area (Å²) < 4.78 is 40.1. The summed E-state index contributed by atoms with van der Waals surface area (Å²) in [6.45, 7) is 0. The normalized spacial score (nSPS) is 12.5. The minimum atomic E-state index is -4.58. The van der Waals surface area contributed by atoms with Crippen molar-refractivity contribution in [3.05, 3.63) is 76.3 Å². The van der Waals surface area contributed by atoms with E-state index in [1.54, 1.807) is 36.4 Å². The van der Waals surface area contributed by atoms with Crippen molar-refractivity contribution >= 4 is 17.2 Å². The van der Waals surface area contributed by atoms with E-state index in [-0.39, 0.29) is 5.57 Å². The second-order valence-electron chi connectivity index (χ2n) is 4.56. The van der Waals surface area contributed by atoms with Crippen molar-refractivity contribution in [3.63, 3.8) is 0 Å². The summed E-state index contributed by atoms with van der Waals surface area (Å²) in [5.41, 5.74) is -0.0691. The van der Waals surface area contributed by atoms with Gasteiger partial charge in [-0.25, -0.2) is 0 Å². The summed E-state index contributed by atoms with van der Waals surface area (Å²) in [4.78, 5) is 0. The molecule has 0 bridgehead atoms. The third kappa shape index (κ3) is 3.69. The number of halogens is 4. The van der Waals surface area contributed by atoms with E-state index in [2.05, 4.69) is 0 Å². The van der Waals surface area contributed by atoms with Crippen LogP contribution >= 0.6 is 11.6 Å². The predicted molar refractivity (Wildman–Crippen MR) is 80.2 cm³/mol. The highest BCUT2D eigenvalue weighted by Crippen LogP contribution is 2.38. The van der Waals surface area contributed by atoms with Gasteiger partial charge < -0.3 is 0 Å². The van der Waals surface area contributed by atoms with E-state index in [9.17, 15) is 13.2 Å². The second-order valence-corrected chi connectivity index (χ2v) is 5.00. The van der Waals surface area contributed by atoms with Gasteiger partial charge in [0.2, 0.25) is 0 Å². The molecule has 0 fully saturated rings. The SMILES string of the molecule is N#CC/C(=C(\c1ccccc1)c1ccc(Cl)cc1)C(F)(F)F. The predicted octanol–water partition coefficient (Wildman–Crippen LogP) is 5.62. The smallest absolute Gasteiger partial charge is 0.198 e. The van der Waals surface area contributed by atoms with Crippen molar-refractivity contribution in [2.24, 2.45) is 0 Å². The van der Waals surface area contributed by atoms with Crippen molar-refractivity contribution < 1.29 is 13.2 Å². The Morgan fingerprint density at radius 1 is 0.955 bits per heavy atom. The minimum Gasteiger partial charge on any atom is -0.198 e. The molecule has 0 aliphatic carbocycles. The number of rotatable bonds is 3. The first kappa shape index (κ1) is 16.1. The Bertz CT molecular complexity index is 710. The van der Waals surface area contributed by atoms with Crippen molar-refractivity contribution in [2.75, 3.05) is 0 Å². The third-order valence-electron chi connectivity index (χ3n) is 3.10. The third-order valence-corrected chi connectivity index (χ3v) is 3.35. The first-order valence-corrected chi connectivity index (χ1v) is 6.80. The lowest BCUT2D eigenvalue weighted by Gasteiger charge is -2.17. The number of benzene rings is 2. The Kier molecular flexibility index (Phi) is 4.89. The second kappa shape index (κ2) is 6.67. The minimum absolute atomic E-state index is 0.00585. The van der Waals surface area contributed by atoms with Crippen LogP contribution in [0.25, 0.3) is 5.57 Å². The molecule has 2 aromatic rings. The molecule has 2 aromatic carbocycles. The van der Waals surface area contributed by atoms with Gasteiger partial charge in [0.25, 0.3) is 0 Å². The molecule has 0 aromatic heterocycles. The fraction of sp³-hybridized carbons (Fsp3) is 0.118. The van der Waals surface area contributed by atoms with E-state index < -0.39 is 18.2 Å². The summed E-state index contributed by atoms with van der Waals surface area (Å²) in [6, 6.07) is 15.9. The number of allylic oxidation sites excluding steroid dienone is 1. The largest absolute Gasteiger partial charge is 0.414 e. The molecule has 0 heterocycles. The van der Waals surface area contributed by atoms with Gasteiger partial charge in [-0.2, -0.15) is 18.4 Å². The van der Waals surface area contributed by atoms with Gasteiger partial charge in [0.1, 0.15) is 0 Å². The zero-order valence-corrected chi connectivity index (χ0v) is 12.1. The van der Waals surface area contributed by atoms with Gasteiger partial charge in [-0.3, -0.25) is 0 Å². The molecule has 0 radical (unpaired) electrons. The van der Waals surface area contributed by atoms with Crippen LogP contribution in [0.4, 0.5) is 13.2 Å². The summed E-state index contributed by atoms with van der Waals surface area (Å²) in [7, 11) is 0. The topological polar surface area (TPSA) is 23.8 Å². The molecule has 0 saturated carbocycles. The van der Waals surface area contributed by atoms with Crippen LogP contribution in [0.5, 0.6) is 0 Å². The van der Waals surface area contributed by atoms with Gasteiger partial charge in [-0.15, -0.1) is 0 Å². The Morgan fingerprint density at radius 3 is 2.00 bits per heavy atom. The van der Waals surface area contributed by atoms with E-state index in [1.165, 1.54) is 24.3 Å². The highest BCUT2D eigenvalue weighted by atomic mass is 35.5. The zero-order valence-electron chi connectivity index (χ0n) is 11.4. The quantitative estimate of drug-likeness (QED) is 0.720. The van der Waals surface area contributed by atoms with Gasteiger partial charge in [-0.1, -0.05) is 54.1 Å². The van der Waals surface area contributed by atoms with Crippen LogP contribution in [-0.4, -0.2) is 6.18 Å². The molecule has 0 spiro atoms. The molecule has 2 rings (SSSR count). The number of nitrogens with zero attached hydrogens (tertiary/aromatic N) is 1. The van der Waals surface area contributed by atoms with Gasteiger partial charge in [0.05, 0.1) is 18.1 Å². The molecule has 0 aliphatic heterocycles. The Morgan fingerprint density at radius 2 is 1.50 bits per heavy atom.